The topological polar surface area (TPSA) is 12.5 Å². The smallest absolute Gasteiger partial charge is 0.0560 e. The van der Waals surface area contributed by atoms with Crippen LogP contribution in [-0.2, 0) is 10.2 Å². The van der Waals surface area contributed by atoms with Crippen LogP contribution in [0.2, 0.25) is 5.02 Å². The van der Waals surface area contributed by atoms with E-state index in [4.69, 9.17) is 16.3 Å². The van der Waals surface area contributed by atoms with Crippen molar-refractivity contribution >= 4 is 11.6 Å². The summed E-state index contributed by atoms with van der Waals surface area (Å²) in [7, 11) is 1.80. The average molecular weight is 296 g/mol. The Labute approximate surface area is 128 Å². The molecule has 1 fully saturated rings. The molecule has 0 amide bonds. The van der Waals surface area contributed by atoms with Crippen molar-refractivity contribution in [1.29, 1.82) is 0 Å². The molecule has 0 saturated carbocycles. The van der Waals surface area contributed by atoms with Crippen LogP contribution in [0, 0.1) is 0 Å². The first-order valence-corrected chi connectivity index (χ1v) is 7.75. The second-order valence-electron chi connectivity index (χ2n) is 6.88. The Balaban J connectivity index is 2.19. The van der Waals surface area contributed by atoms with Crippen LogP contribution in [0.5, 0.6) is 0 Å². The Hall–Kier alpha value is -0.570. The zero-order valence-corrected chi connectivity index (χ0v) is 13.8. The van der Waals surface area contributed by atoms with E-state index < -0.39 is 0 Å². The van der Waals surface area contributed by atoms with Crippen molar-refractivity contribution in [1.82, 2.24) is 4.90 Å². The van der Waals surface area contributed by atoms with E-state index in [1.165, 1.54) is 5.56 Å². The van der Waals surface area contributed by atoms with E-state index in [0.717, 1.165) is 37.6 Å². The van der Waals surface area contributed by atoms with Crippen LogP contribution >= 0.6 is 11.6 Å². The molecule has 0 bridgehead atoms. The van der Waals surface area contributed by atoms with Crippen LogP contribution < -0.4 is 0 Å². The van der Waals surface area contributed by atoms with Crippen molar-refractivity contribution < 1.29 is 4.74 Å². The van der Waals surface area contributed by atoms with E-state index in [0.29, 0.717) is 0 Å². The molecule has 0 radical (unpaired) electrons. The molecule has 0 aliphatic carbocycles. The predicted molar refractivity (Wildman–Crippen MR) is 85.6 cm³/mol. The molecule has 1 aromatic carbocycles. The Morgan fingerprint density at radius 3 is 2.15 bits per heavy atom. The highest BCUT2D eigenvalue weighted by Gasteiger charge is 2.38. The van der Waals surface area contributed by atoms with Gasteiger partial charge in [-0.3, -0.25) is 4.90 Å². The fraction of sp³-hybridized carbons (Fsp3) is 0.647. The van der Waals surface area contributed by atoms with Gasteiger partial charge in [0.25, 0.3) is 0 Å². The molecule has 0 aromatic heterocycles. The Morgan fingerprint density at radius 2 is 1.70 bits per heavy atom. The standard InChI is InChI=1S/C17H26ClNO/c1-16(2,3)19-11-9-17(10-12-19,13-20-4)14-5-7-15(18)8-6-14/h5-8H,9-13H2,1-4H3. The molecule has 2 nitrogen and oxygen atoms in total. The molecule has 2 rings (SSSR count). The molecule has 0 N–H and O–H groups in total. The van der Waals surface area contributed by atoms with Gasteiger partial charge in [-0.25, -0.2) is 0 Å². The van der Waals surface area contributed by atoms with Gasteiger partial charge in [0, 0.05) is 23.1 Å². The Morgan fingerprint density at radius 1 is 1.15 bits per heavy atom. The lowest BCUT2D eigenvalue weighted by Gasteiger charge is -2.46. The van der Waals surface area contributed by atoms with Crippen molar-refractivity contribution in [3.63, 3.8) is 0 Å². The summed E-state index contributed by atoms with van der Waals surface area (Å²) < 4.78 is 5.54. The van der Waals surface area contributed by atoms with Gasteiger partial charge in [0.15, 0.2) is 0 Å². The van der Waals surface area contributed by atoms with Gasteiger partial charge < -0.3 is 4.74 Å². The van der Waals surface area contributed by atoms with Crippen LogP contribution in [0.25, 0.3) is 0 Å². The van der Waals surface area contributed by atoms with E-state index >= 15 is 0 Å². The minimum atomic E-state index is 0.140. The number of benzene rings is 1. The van der Waals surface area contributed by atoms with Crippen LogP contribution in [0.1, 0.15) is 39.2 Å². The summed E-state index contributed by atoms with van der Waals surface area (Å²) >= 11 is 6.02. The molecule has 1 aromatic rings. The SMILES string of the molecule is COCC1(c2ccc(Cl)cc2)CCN(C(C)(C)C)CC1. The monoisotopic (exact) mass is 295 g/mol. The minimum absolute atomic E-state index is 0.140. The molecule has 1 aliphatic heterocycles. The lowest BCUT2D eigenvalue weighted by Crippen LogP contribution is -2.51. The first-order valence-electron chi connectivity index (χ1n) is 7.37. The lowest BCUT2D eigenvalue weighted by molar-refractivity contribution is 0.0357. The van der Waals surface area contributed by atoms with Gasteiger partial charge in [-0.2, -0.15) is 0 Å². The third-order valence-corrected chi connectivity index (χ3v) is 4.80. The molecule has 1 saturated heterocycles. The van der Waals surface area contributed by atoms with Gasteiger partial charge in [0.05, 0.1) is 6.61 Å². The third kappa shape index (κ3) is 3.36. The van der Waals surface area contributed by atoms with E-state index in [2.05, 4.69) is 37.8 Å². The molecule has 3 heteroatoms. The van der Waals surface area contributed by atoms with Gasteiger partial charge >= 0.3 is 0 Å². The van der Waals surface area contributed by atoms with Crippen molar-refractivity contribution in [2.24, 2.45) is 0 Å². The number of piperidine rings is 1. The summed E-state index contributed by atoms with van der Waals surface area (Å²) in [6.07, 6.45) is 2.28. The number of likely N-dealkylation sites (tertiary alicyclic amines) is 1. The maximum atomic E-state index is 6.02. The maximum absolute atomic E-state index is 6.02. The molecule has 1 aliphatic rings. The summed E-state index contributed by atoms with van der Waals surface area (Å²) in [6.45, 7) is 9.90. The van der Waals surface area contributed by atoms with E-state index in [1.807, 2.05) is 12.1 Å². The zero-order chi connectivity index (χ0) is 14.8. The van der Waals surface area contributed by atoms with Crippen molar-refractivity contribution in [2.75, 3.05) is 26.8 Å². The first kappa shape index (κ1) is 15.8. The van der Waals surface area contributed by atoms with Gasteiger partial charge in [-0.05, 0) is 64.4 Å². The molecule has 0 atom stereocenters. The second kappa shape index (κ2) is 6.05. The number of halogens is 1. The second-order valence-corrected chi connectivity index (χ2v) is 7.31. The normalized spacial score (nSPS) is 20.1. The summed E-state index contributed by atoms with van der Waals surface area (Å²) in [4.78, 5) is 2.57. The Kier molecular flexibility index (Phi) is 4.78. The zero-order valence-electron chi connectivity index (χ0n) is 13.1. The van der Waals surface area contributed by atoms with Crippen LogP contribution in [0.15, 0.2) is 24.3 Å². The molecule has 20 heavy (non-hydrogen) atoms. The molecular weight excluding hydrogens is 270 g/mol. The molecule has 112 valence electrons. The van der Waals surface area contributed by atoms with Crippen molar-refractivity contribution in [2.45, 2.75) is 44.6 Å². The highest BCUT2D eigenvalue weighted by molar-refractivity contribution is 6.30. The van der Waals surface area contributed by atoms with Crippen molar-refractivity contribution in [3.8, 4) is 0 Å². The number of hydrogen-bond acceptors (Lipinski definition) is 2. The number of nitrogens with zero attached hydrogens (tertiary/aromatic N) is 1. The summed E-state index contributed by atoms with van der Waals surface area (Å²) in [6, 6.07) is 8.30. The van der Waals surface area contributed by atoms with Crippen molar-refractivity contribution in [3.05, 3.63) is 34.9 Å². The molecule has 0 spiro atoms. The van der Waals surface area contributed by atoms with Crippen LogP contribution in [0.4, 0.5) is 0 Å². The minimum Gasteiger partial charge on any atom is -0.384 e. The number of ether oxygens (including phenoxy) is 1. The fourth-order valence-electron chi connectivity index (χ4n) is 3.20. The highest BCUT2D eigenvalue weighted by atomic mass is 35.5. The quantitative estimate of drug-likeness (QED) is 0.832. The number of hydrogen-bond donors (Lipinski definition) is 0. The van der Waals surface area contributed by atoms with Gasteiger partial charge in [-0.15, -0.1) is 0 Å². The maximum Gasteiger partial charge on any atom is 0.0560 e. The summed E-state index contributed by atoms with van der Waals surface area (Å²) in [5.41, 5.74) is 1.75. The predicted octanol–water partition coefficient (Wildman–Crippen LogP) is 4.12. The Bertz CT molecular complexity index is 427. The van der Waals surface area contributed by atoms with Gasteiger partial charge in [0.2, 0.25) is 0 Å². The van der Waals surface area contributed by atoms with E-state index in [-0.39, 0.29) is 11.0 Å². The molecule has 1 heterocycles. The fourth-order valence-corrected chi connectivity index (χ4v) is 3.33. The van der Waals surface area contributed by atoms with Crippen LogP contribution in [-0.4, -0.2) is 37.2 Å². The van der Waals surface area contributed by atoms with Gasteiger partial charge in [-0.1, -0.05) is 23.7 Å². The number of methoxy groups -OCH3 is 1. The highest BCUT2D eigenvalue weighted by Crippen LogP contribution is 2.38. The van der Waals surface area contributed by atoms with E-state index in [9.17, 15) is 0 Å². The lowest BCUT2D eigenvalue weighted by atomic mass is 9.72. The molecule has 0 unspecified atom stereocenters. The summed E-state index contributed by atoms with van der Waals surface area (Å²) in [5, 5.41) is 0.799. The molecular formula is C17H26ClNO. The summed E-state index contributed by atoms with van der Waals surface area (Å²) in [5.74, 6) is 0. The first-order chi connectivity index (χ1) is 9.37. The number of rotatable bonds is 3. The largest absolute Gasteiger partial charge is 0.384 e. The van der Waals surface area contributed by atoms with E-state index in [1.54, 1.807) is 7.11 Å². The van der Waals surface area contributed by atoms with Gasteiger partial charge in [0.1, 0.15) is 0 Å². The van der Waals surface area contributed by atoms with Crippen LogP contribution in [0.3, 0.4) is 0 Å². The average Bonchev–Trinajstić information content (AvgIpc) is 2.39. The third-order valence-electron chi connectivity index (χ3n) is 4.55.